The van der Waals surface area contributed by atoms with Gasteiger partial charge in [0.25, 0.3) is 5.91 Å². The zero-order valence-electron chi connectivity index (χ0n) is 11.2. The van der Waals surface area contributed by atoms with Crippen LogP contribution in [-0.4, -0.2) is 36.0 Å². The van der Waals surface area contributed by atoms with Crippen molar-refractivity contribution < 1.29 is 13.6 Å². The smallest absolute Gasteiger partial charge is 0.254 e. The number of benzene rings is 1. The van der Waals surface area contributed by atoms with E-state index in [2.05, 4.69) is 10.2 Å². The Morgan fingerprint density at radius 2 is 1.85 bits per heavy atom. The normalized spacial score (nSPS) is 20.9. The zero-order chi connectivity index (χ0) is 14.1. The number of nitrogens with zero attached hydrogens (tertiary/aromatic N) is 1. The summed E-state index contributed by atoms with van der Waals surface area (Å²) in [6.07, 6.45) is 4.31. The molecule has 1 N–H and O–H groups in total. The highest BCUT2D eigenvalue weighted by Gasteiger charge is 2.32. The van der Waals surface area contributed by atoms with Crippen LogP contribution in [0.4, 0.5) is 8.78 Å². The molecule has 0 bridgehead atoms. The van der Waals surface area contributed by atoms with Crippen molar-refractivity contribution in [2.75, 3.05) is 13.1 Å². The van der Waals surface area contributed by atoms with Gasteiger partial charge >= 0.3 is 0 Å². The summed E-state index contributed by atoms with van der Waals surface area (Å²) in [5, 5.41) is 2.81. The van der Waals surface area contributed by atoms with Crippen LogP contribution in [0.15, 0.2) is 18.2 Å². The molecular formula is C15H18F2N2O. The van der Waals surface area contributed by atoms with Gasteiger partial charge in [-0.2, -0.15) is 0 Å². The van der Waals surface area contributed by atoms with Crippen LogP contribution in [0.1, 0.15) is 36.0 Å². The second-order valence-electron chi connectivity index (χ2n) is 5.64. The minimum absolute atomic E-state index is 0.0557. The zero-order valence-corrected chi connectivity index (χ0v) is 11.2. The van der Waals surface area contributed by atoms with E-state index in [1.807, 2.05) is 0 Å². The van der Waals surface area contributed by atoms with Crippen molar-refractivity contribution >= 4 is 5.91 Å². The van der Waals surface area contributed by atoms with E-state index in [9.17, 15) is 13.6 Å². The fourth-order valence-corrected chi connectivity index (χ4v) is 2.78. The molecule has 5 heteroatoms. The van der Waals surface area contributed by atoms with Gasteiger partial charge in [0.2, 0.25) is 0 Å². The molecule has 1 aromatic carbocycles. The Labute approximate surface area is 117 Å². The Bertz CT molecular complexity index is 509. The summed E-state index contributed by atoms with van der Waals surface area (Å²) in [5.41, 5.74) is -0.213. The maximum absolute atomic E-state index is 13.5. The summed E-state index contributed by atoms with van der Waals surface area (Å²) in [6.45, 7) is 1.95. The third-order valence-corrected chi connectivity index (χ3v) is 4.10. The lowest BCUT2D eigenvalue weighted by Crippen LogP contribution is -2.45. The molecule has 108 valence electrons. The Kier molecular flexibility index (Phi) is 3.70. The minimum atomic E-state index is -0.681. The highest BCUT2D eigenvalue weighted by molar-refractivity contribution is 5.94. The summed E-state index contributed by atoms with van der Waals surface area (Å²) in [5.74, 6) is -1.80. The van der Waals surface area contributed by atoms with Gasteiger partial charge in [0.15, 0.2) is 0 Å². The molecule has 2 fully saturated rings. The van der Waals surface area contributed by atoms with Gasteiger partial charge in [-0.25, -0.2) is 8.78 Å². The van der Waals surface area contributed by atoms with E-state index in [1.165, 1.54) is 12.8 Å². The maximum atomic E-state index is 13.5. The number of carbonyl (C=O) groups is 1. The molecule has 0 aromatic heterocycles. The Balaban J connectivity index is 1.57. The molecule has 0 radical (unpaired) electrons. The van der Waals surface area contributed by atoms with Crippen LogP contribution in [0.25, 0.3) is 0 Å². The number of carbonyl (C=O) groups excluding carboxylic acids is 1. The highest BCUT2D eigenvalue weighted by Crippen LogP contribution is 2.29. The van der Waals surface area contributed by atoms with Gasteiger partial charge in [0.05, 0.1) is 5.56 Å². The van der Waals surface area contributed by atoms with Crippen LogP contribution in [0.3, 0.4) is 0 Å². The van der Waals surface area contributed by atoms with E-state index in [0.717, 1.165) is 50.2 Å². The first-order valence-electron chi connectivity index (χ1n) is 7.13. The molecule has 1 aromatic rings. The predicted octanol–water partition coefficient (Wildman–Crippen LogP) is 2.32. The quantitative estimate of drug-likeness (QED) is 0.921. The Morgan fingerprint density at radius 3 is 2.50 bits per heavy atom. The largest absolute Gasteiger partial charge is 0.349 e. The fraction of sp³-hybridized carbons (Fsp3) is 0.533. The number of nitrogens with one attached hydrogen (secondary N) is 1. The van der Waals surface area contributed by atoms with Crippen molar-refractivity contribution in [3.05, 3.63) is 35.4 Å². The summed E-state index contributed by atoms with van der Waals surface area (Å²) in [4.78, 5) is 14.4. The number of hydrogen-bond donors (Lipinski definition) is 1. The van der Waals surface area contributed by atoms with Crippen LogP contribution in [0.5, 0.6) is 0 Å². The second-order valence-corrected chi connectivity index (χ2v) is 5.64. The van der Waals surface area contributed by atoms with Crippen molar-refractivity contribution in [3.63, 3.8) is 0 Å². The van der Waals surface area contributed by atoms with E-state index < -0.39 is 17.5 Å². The number of hydrogen-bond acceptors (Lipinski definition) is 2. The van der Waals surface area contributed by atoms with Crippen molar-refractivity contribution in [2.24, 2.45) is 0 Å². The lowest BCUT2D eigenvalue weighted by Gasteiger charge is -2.32. The van der Waals surface area contributed by atoms with Crippen LogP contribution in [0.2, 0.25) is 0 Å². The average molecular weight is 280 g/mol. The molecule has 3 rings (SSSR count). The minimum Gasteiger partial charge on any atom is -0.349 e. The van der Waals surface area contributed by atoms with Crippen molar-refractivity contribution in [1.82, 2.24) is 10.2 Å². The molecule has 1 amide bonds. The molecule has 0 unspecified atom stereocenters. The third-order valence-electron chi connectivity index (χ3n) is 4.10. The molecular weight excluding hydrogens is 262 g/mol. The van der Waals surface area contributed by atoms with Gasteiger partial charge in [-0.05, 0) is 43.9 Å². The number of halogens is 2. The maximum Gasteiger partial charge on any atom is 0.254 e. The van der Waals surface area contributed by atoms with Gasteiger partial charge in [-0.1, -0.05) is 0 Å². The number of piperidine rings is 1. The number of amides is 1. The summed E-state index contributed by atoms with van der Waals surface area (Å²) >= 11 is 0. The average Bonchev–Trinajstić information content (AvgIpc) is 3.27. The highest BCUT2D eigenvalue weighted by atomic mass is 19.1. The van der Waals surface area contributed by atoms with E-state index >= 15 is 0 Å². The molecule has 1 heterocycles. The number of likely N-dealkylation sites (tertiary alicyclic amines) is 1. The van der Waals surface area contributed by atoms with Crippen molar-refractivity contribution in [3.8, 4) is 0 Å². The molecule has 0 atom stereocenters. The first-order valence-corrected chi connectivity index (χ1v) is 7.13. The predicted molar refractivity (Wildman–Crippen MR) is 71.4 cm³/mol. The third kappa shape index (κ3) is 2.98. The molecule has 2 aliphatic rings. The molecule has 1 saturated carbocycles. The molecule has 1 aliphatic heterocycles. The van der Waals surface area contributed by atoms with E-state index in [0.29, 0.717) is 0 Å². The molecule has 0 spiro atoms. The van der Waals surface area contributed by atoms with Gasteiger partial charge in [0, 0.05) is 25.2 Å². The van der Waals surface area contributed by atoms with Crippen LogP contribution >= 0.6 is 0 Å². The molecule has 1 aliphatic carbocycles. The van der Waals surface area contributed by atoms with E-state index in [4.69, 9.17) is 0 Å². The van der Waals surface area contributed by atoms with Crippen LogP contribution in [-0.2, 0) is 0 Å². The van der Waals surface area contributed by atoms with Crippen LogP contribution < -0.4 is 5.32 Å². The second kappa shape index (κ2) is 5.48. The first-order chi connectivity index (χ1) is 9.63. The molecule has 1 saturated heterocycles. The van der Waals surface area contributed by atoms with Gasteiger partial charge in [-0.15, -0.1) is 0 Å². The molecule has 20 heavy (non-hydrogen) atoms. The summed E-state index contributed by atoms with van der Waals surface area (Å²) in [7, 11) is 0. The molecule has 3 nitrogen and oxygen atoms in total. The van der Waals surface area contributed by atoms with E-state index in [1.54, 1.807) is 0 Å². The first kappa shape index (κ1) is 13.5. The van der Waals surface area contributed by atoms with Gasteiger partial charge in [0.1, 0.15) is 11.6 Å². The monoisotopic (exact) mass is 280 g/mol. The lowest BCUT2D eigenvalue weighted by molar-refractivity contribution is 0.0904. The van der Waals surface area contributed by atoms with Crippen molar-refractivity contribution in [1.29, 1.82) is 0 Å². The summed E-state index contributed by atoms with van der Waals surface area (Å²) < 4.78 is 26.6. The Hall–Kier alpha value is -1.49. The topological polar surface area (TPSA) is 32.3 Å². The van der Waals surface area contributed by atoms with E-state index in [-0.39, 0.29) is 11.6 Å². The lowest BCUT2D eigenvalue weighted by atomic mass is 10.0. The van der Waals surface area contributed by atoms with Crippen LogP contribution in [0, 0.1) is 11.6 Å². The Morgan fingerprint density at radius 1 is 1.15 bits per heavy atom. The van der Waals surface area contributed by atoms with Gasteiger partial charge < -0.3 is 10.2 Å². The standard InChI is InChI=1S/C15H18F2N2O/c16-10-1-4-14(17)13(9-10)15(20)18-11-5-7-19(8-6-11)12-2-3-12/h1,4,9,11-12H,2-3,5-8H2,(H,18,20). The number of rotatable bonds is 3. The van der Waals surface area contributed by atoms with Gasteiger partial charge in [-0.3, -0.25) is 4.79 Å². The summed E-state index contributed by atoms with van der Waals surface area (Å²) in [6, 6.07) is 3.75. The SMILES string of the molecule is O=C(NC1CCN(C2CC2)CC1)c1cc(F)ccc1F. The van der Waals surface area contributed by atoms with Crippen molar-refractivity contribution in [2.45, 2.75) is 37.8 Å². The fourth-order valence-electron chi connectivity index (χ4n) is 2.78.